The lowest BCUT2D eigenvalue weighted by Crippen LogP contribution is -2.31. The molecular formula is C141H97N3. The molecule has 0 amide bonds. The first-order valence-electron chi connectivity index (χ1n) is 49.9. The van der Waals surface area contributed by atoms with E-state index in [1.54, 1.807) is 0 Å². The topological polar surface area (TPSA) is 14.8 Å². The molecule has 26 aromatic rings. The van der Waals surface area contributed by atoms with Crippen LogP contribution in [-0.2, 0) is 10.8 Å². The highest BCUT2D eigenvalue weighted by molar-refractivity contribution is 6.14. The first-order valence-corrected chi connectivity index (χ1v) is 49.9. The quantitative estimate of drug-likeness (QED) is 0.0717. The largest absolute Gasteiger partial charge is 0.309 e. The van der Waals surface area contributed by atoms with Gasteiger partial charge in [-0.05, 0) is 253 Å². The summed E-state index contributed by atoms with van der Waals surface area (Å²) in [7, 11) is 0. The van der Waals surface area contributed by atoms with E-state index in [1.165, 1.54) is 216 Å². The minimum absolute atomic E-state index is 0.189. The fourth-order valence-corrected chi connectivity index (χ4v) is 23.4. The van der Waals surface area contributed by atoms with Gasteiger partial charge in [-0.25, -0.2) is 0 Å². The van der Waals surface area contributed by atoms with Crippen molar-refractivity contribution in [1.82, 2.24) is 13.7 Å². The van der Waals surface area contributed by atoms with E-state index in [-0.39, 0.29) is 5.92 Å². The van der Waals surface area contributed by atoms with Crippen molar-refractivity contribution in [2.75, 3.05) is 0 Å². The fourth-order valence-electron chi connectivity index (χ4n) is 23.4. The average Bonchev–Trinajstić information content (AvgIpc) is 1.25. The van der Waals surface area contributed by atoms with Crippen molar-refractivity contribution in [2.24, 2.45) is 0 Å². The van der Waals surface area contributed by atoms with Crippen molar-refractivity contribution in [1.29, 1.82) is 0 Å². The maximum absolute atomic E-state index is 2.47. The monoisotopic (exact) mass is 1830 g/mol. The van der Waals surface area contributed by atoms with E-state index in [2.05, 4.69) is 596 Å². The summed E-state index contributed by atoms with van der Waals surface area (Å²) in [6, 6.07) is 214. The Morgan fingerprint density at radius 2 is 0.382 bits per heavy atom. The predicted octanol–water partition coefficient (Wildman–Crippen LogP) is 36.3. The smallest absolute Gasteiger partial charge is 0.0702 e. The van der Waals surface area contributed by atoms with Crippen LogP contribution in [0, 0.1) is 0 Å². The summed E-state index contributed by atoms with van der Waals surface area (Å²) in [6.07, 6.45) is 0. The molecular weight excluding hydrogens is 1740 g/mol. The van der Waals surface area contributed by atoms with Gasteiger partial charge in [0.05, 0.1) is 43.9 Å². The van der Waals surface area contributed by atoms with Crippen LogP contribution in [-0.4, -0.2) is 13.7 Å². The molecule has 3 nitrogen and oxygen atoms in total. The van der Waals surface area contributed by atoms with E-state index >= 15 is 0 Å². The molecule has 0 bridgehead atoms. The van der Waals surface area contributed by atoms with Gasteiger partial charge in [0, 0.05) is 55.3 Å². The Morgan fingerprint density at radius 3 is 0.771 bits per heavy atom. The van der Waals surface area contributed by atoms with Crippen molar-refractivity contribution < 1.29 is 0 Å². The van der Waals surface area contributed by atoms with E-state index < -0.39 is 10.8 Å². The zero-order valence-corrected chi connectivity index (χ0v) is 79.3. The predicted molar refractivity (Wildman–Crippen MR) is 603 cm³/mol. The molecule has 0 spiro atoms. The molecule has 1 atom stereocenters. The molecule has 3 aromatic heterocycles. The van der Waals surface area contributed by atoms with E-state index in [0.717, 1.165) is 17.1 Å². The molecule has 0 radical (unpaired) electrons. The van der Waals surface area contributed by atoms with Crippen molar-refractivity contribution >= 4 is 65.4 Å². The van der Waals surface area contributed by atoms with Gasteiger partial charge in [-0.2, -0.15) is 0 Å². The van der Waals surface area contributed by atoms with Crippen LogP contribution in [0.2, 0.25) is 0 Å². The Kier molecular flexibility index (Phi) is 21.9. The van der Waals surface area contributed by atoms with Gasteiger partial charge in [0.1, 0.15) is 0 Å². The number of hydrogen-bond donors (Lipinski definition) is 0. The molecule has 0 aliphatic heterocycles. The first kappa shape index (κ1) is 85.8. The van der Waals surface area contributed by atoms with Crippen LogP contribution in [0.5, 0.6) is 0 Å². The van der Waals surface area contributed by atoms with Crippen LogP contribution < -0.4 is 0 Å². The number of rotatable bonds is 19. The molecule has 0 N–H and O–H groups in total. The standard InChI is InChI=1S/C74H51N.C67H46N2/c1-6-18-51(19-7-1)53-34-36-57(37-35-53)73-66-29-17-16-28-65(66)68-48-58(40-45-67(68)73)55-30-32-56(33-31-55)59-41-46-71-69(49-59)70-50-63(42-47-72(70)75(71)64-43-38-54(39-44-64)52-20-8-2-9-21-52)74(60-22-10-3-11-23-60,61-24-12-4-13-25-61)62-26-14-5-15-27-62;1-5-18-47(19-6-1)48-36-40-57(41-37-48)68-63-30-15-13-28-59(63)61-44-51(38-42-65(61)68)49-32-34-50(35-33-49)52-39-43-66-62(45-52)60-29-14-16-31-64(60)69(66)58-27-17-26-56(46-58)67(53-20-7-2-8-21-53,54-22-9-3-10-23-54)55-24-11-4-12-25-55/h1-50,73H;1-46H. The van der Waals surface area contributed by atoms with Crippen molar-refractivity contribution in [3.05, 3.63) is 644 Å². The van der Waals surface area contributed by atoms with Crippen LogP contribution in [0.25, 0.3) is 171 Å². The van der Waals surface area contributed by atoms with Gasteiger partial charge in [-0.3, -0.25) is 0 Å². The van der Waals surface area contributed by atoms with E-state index in [1.807, 2.05) is 0 Å². The van der Waals surface area contributed by atoms with E-state index in [9.17, 15) is 0 Å². The third-order valence-corrected chi connectivity index (χ3v) is 30.2. The molecule has 3 heterocycles. The normalized spacial score (nSPS) is 12.4. The third kappa shape index (κ3) is 15.0. The van der Waals surface area contributed by atoms with Crippen molar-refractivity contribution in [3.63, 3.8) is 0 Å². The number of nitrogens with zero attached hydrogens (tertiary/aromatic N) is 3. The van der Waals surface area contributed by atoms with Gasteiger partial charge in [0.15, 0.2) is 0 Å². The number of aromatic nitrogens is 3. The summed E-state index contributed by atoms with van der Waals surface area (Å²) in [6.45, 7) is 0. The van der Waals surface area contributed by atoms with Crippen LogP contribution in [0.15, 0.2) is 582 Å². The van der Waals surface area contributed by atoms with Gasteiger partial charge in [-0.1, -0.05) is 479 Å². The molecule has 3 heteroatoms. The van der Waals surface area contributed by atoms with Gasteiger partial charge in [0.2, 0.25) is 0 Å². The third-order valence-electron chi connectivity index (χ3n) is 30.2. The number of benzene rings is 23. The van der Waals surface area contributed by atoms with E-state index in [4.69, 9.17) is 0 Å². The summed E-state index contributed by atoms with van der Waals surface area (Å²) >= 11 is 0. The Hall–Kier alpha value is -18.5. The number of hydrogen-bond acceptors (Lipinski definition) is 0. The number of fused-ring (bicyclic) bond motifs is 12. The lowest BCUT2D eigenvalue weighted by Gasteiger charge is -2.37. The lowest BCUT2D eigenvalue weighted by atomic mass is 9.65. The van der Waals surface area contributed by atoms with Crippen molar-refractivity contribution in [3.8, 4) is 106 Å². The van der Waals surface area contributed by atoms with Gasteiger partial charge in [-0.15, -0.1) is 0 Å². The second-order valence-corrected chi connectivity index (χ2v) is 38.0. The van der Waals surface area contributed by atoms with Crippen LogP contribution in [0.1, 0.15) is 67.1 Å². The molecule has 1 aliphatic rings. The highest BCUT2D eigenvalue weighted by Gasteiger charge is 2.41. The first-order chi connectivity index (χ1) is 71.4. The Labute approximate surface area is 839 Å². The summed E-state index contributed by atoms with van der Waals surface area (Å²) < 4.78 is 7.28. The molecule has 0 saturated heterocycles. The molecule has 27 rings (SSSR count). The Morgan fingerprint density at radius 1 is 0.132 bits per heavy atom. The molecule has 1 aliphatic carbocycles. The maximum atomic E-state index is 2.47. The fraction of sp³-hybridized carbons (Fsp3) is 0.0213. The van der Waals surface area contributed by atoms with Gasteiger partial charge >= 0.3 is 0 Å². The SMILES string of the molecule is c1ccc(-c2ccc(-n3c4ccccc4c4cc(-c5ccc(-c6ccc7c(c6)c6ccccc6n7-c6cccc(C(c7ccccc7)(c7ccccc7)c7ccccc7)c6)cc5)ccc43)cc2)cc1.c1ccc(-c2ccc(C3c4ccccc4-c4cc(-c5ccc(-c6ccc7c(c6)c6cc(C(c8ccccc8)(c8ccccc8)c8ccccc8)ccc6n7-c6ccc(-c7ccccc7)cc6)cc5)ccc43)cc2)cc1. The highest BCUT2D eigenvalue weighted by atomic mass is 15.0. The van der Waals surface area contributed by atoms with Crippen LogP contribution in [0.3, 0.4) is 0 Å². The zero-order chi connectivity index (χ0) is 95.4. The lowest BCUT2D eigenvalue weighted by molar-refractivity contribution is 0.744. The molecule has 1 unspecified atom stereocenters. The summed E-state index contributed by atoms with van der Waals surface area (Å²) in [5.41, 5.74) is 42.8. The summed E-state index contributed by atoms with van der Waals surface area (Å²) in [4.78, 5) is 0. The van der Waals surface area contributed by atoms with Crippen LogP contribution >= 0.6 is 0 Å². The molecule has 0 saturated carbocycles. The minimum atomic E-state index is -0.578. The summed E-state index contributed by atoms with van der Waals surface area (Å²) in [5, 5.41) is 7.39. The van der Waals surface area contributed by atoms with Crippen LogP contribution in [0.4, 0.5) is 0 Å². The summed E-state index contributed by atoms with van der Waals surface area (Å²) in [5.74, 6) is 0.189. The van der Waals surface area contributed by atoms with E-state index in [0.29, 0.717) is 0 Å². The molecule has 0 fully saturated rings. The Balaban J connectivity index is 0.000000147. The molecule has 676 valence electrons. The molecule has 144 heavy (non-hydrogen) atoms. The second kappa shape index (κ2) is 36.7. The van der Waals surface area contributed by atoms with Gasteiger partial charge < -0.3 is 13.7 Å². The van der Waals surface area contributed by atoms with Gasteiger partial charge in [0.25, 0.3) is 0 Å². The second-order valence-electron chi connectivity index (χ2n) is 38.0. The average molecular weight is 1830 g/mol. The Bertz CT molecular complexity index is 9010. The zero-order valence-electron chi connectivity index (χ0n) is 79.3. The van der Waals surface area contributed by atoms with Crippen molar-refractivity contribution in [2.45, 2.75) is 16.7 Å². The maximum Gasteiger partial charge on any atom is 0.0702 e. The minimum Gasteiger partial charge on any atom is -0.309 e. The highest BCUT2D eigenvalue weighted by Crippen LogP contribution is 2.53. The molecule has 23 aromatic carbocycles. The number of para-hydroxylation sites is 2.